The van der Waals surface area contributed by atoms with E-state index in [-0.39, 0.29) is 0 Å². The summed E-state index contributed by atoms with van der Waals surface area (Å²) in [6, 6.07) is 15.9. The Kier molecular flexibility index (Phi) is 11.2. The van der Waals surface area contributed by atoms with Crippen LogP contribution < -0.4 is 24.7 Å². The highest BCUT2D eigenvalue weighted by Gasteiger charge is 2.20. The Balaban J connectivity index is 1.16. The zero-order valence-corrected chi connectivity index (χ0v) is 25.5. The first-order valence-corrected chi connectivity index (χ1v) is 15.9. The van der Waals surface area contributed by atoms with Gasteiger partial charge in [0.05, 0.1) is 6.21 Å². The fourth-order valence-electron chi connectivity index (χ4n) is 5.39. The molecule has 1 N–H and O–H groups in total. The van der Waals surface area contributed by atoms with Gasteiger partial charge in [0.15, 0.2) is 5.82 Å². The second-order valence-electron chi connectivity index (χ2n) is 11.0. The number of ether oxygens (including phenoxy) is 2. The molecule has 0 saturated carbocycles. The maximum atomic E-state index is 6.31. The van der Waals surface area contributed by atoms with Gasteiger partial charge in [0.25, 0.3) is 0 Å². The molecule has 0 aliphatic carbocycles. The Morgan fingerprint density at radius 1 is 0.857 bits per heavy atom. The Morgan fingerprint density at radius 2 is 1.60 bits per heavy atom. The van der Waals surface area contributed by atoms with Crippen molar-refractivity contribution in [3.8, 4) is 11.5 Å². The molecule has 2 aliphatic rings. The first kappa shape index (κ1) is 30.0. The third-order valence-corrected chi connectivity index (χ3v) is 7.96. The number of unbranched alkanes of at least 4 members (excludes halogenated alkanes) is 3. The molecule has 0 amide bonds. The van der Waals surface area contributed by atoms with Gasteiger partial charge in [-0.15, -0.1) is 0 Å². The molecule has 5 rings (SSSR count). The second-order valence-corrected chi connectivity index (χ2v) is 11.4. The highest BCUT2D eigenvalue weighted by Crippen LogP contribution is 2.26. The summed E-state index contributed by atoms with van der Waals surface area (Å²) in [5.41, 5.74) is 5.25. The summed E-state index contributed by atoms with van der Waals surface area (Å²) in [4.78, 5) is 14.2. The molecule has 8 nitrogen and oxygen atoms in total. The highest BCUT2D eigenvalue weighted by molar-refractivity contribution is 6.30. The van der Waals surface area contributed by atoms with Crippen LogP contribution in [0.2, 0.25) is 5.02 Å². The summed E-state index contributed by atoms with van der Waals surface area (Å²) in [6.45, 7) is 7.11. The number of nitrogens with one attached hydrogen (secondary N) is 1. The number of aromatic nitrogens is 2. The van der Waals surface area contributed by atoms with E-state index in [2.05, 4.69) is 39.4 Å². The SMILES string of the molecule is CCCCCCc1ccc(OCCOc2ccc(Cl)cc2/C=N\Nc2cc(N3CCCC3)nc(N3CCCC3)n2)cc1. The highest BCUT2D eigenvalue weighted by atomic mass is 35.5. The monoisotopic (exact) mass is 590 g/mol. The Hall–Kier alpha value is -3.52. The van der Waals surface area contributed by atoms with Gasteiger partial charge in [0, 0.05) is 42.8 Å². The van der Waals surface area contributed by atoms with Gasteiger partial charge in [-0.05, 0) is 74.4 Å². The van der Waals surface area contributed by atoms with E-state index >= 15 is 0 Å². The fraction of sp³-hybridized carbons (Fsp3) is 0.485. The van der Waals surface area contributed by atoms with Crippen molar-refractivity contribution in [2.75, 3.05) is 54.6 Å². The van der Waals surface area contributed by atoms with Crippen LogP contribution in [0.15, 0.2) is 53.6 Å². The van der Waals surface area contributed by atoms with Crippen LogP contribution in [-0.2, 0) is 6.42 Å². The molecule has 224 valence electrons. The third-order valence-electron chi connectivity index (χ3n) is 7.73. The number of halogens is 1. The maximum absolute atomic E-state index is 6.31. The summed E-state index contributed by atoms with van der Waals surface area (Å²) >= 11 is 6.31. The molecule has 0 radical (unpaired) electrons. The van der Waals surface area contributed by atoms with Crippen molar-refractivity contribution in [3.63, 3.8) is 0 Å². The third kappa shape index (κ3) is 8.74. The van der Waals surface area contributed by atoms with Crippen LogP contribution in [0.1, 0.15) is 69.4 Å². The average Bonchev–Trinajstić information content (AvgIpc) is 3.75. The lowest BCUT2D eigenvalue weighted by molar-refractivity contribution is 0.217. The van der Waals surface area contributed by atoms with Crippen LogP contribution in [0, 0.1) is 0 Å². The van der Waals surface area contributed by atoms with Gasteiger partial charge >= 0.3 is 0 Å². The van der Waals surface area contributed by atoms with Crippen molar-refractivity contribution in [1.82, 2.24) is 9.97 Å². The molecule has 3 aromatic rings. The van der Waals surface area contributed by atoms with Gasteiger partial charge in [-0.2, -0.15) is 15.1 Å². The Morgan fingerprint density at radius 3 is 2.36 bits per heavy atom. The summed E-state index contributed by atoms with van der Waals surface area (Å²) < 4.78 is 12.0. The minimum absolute atomic E-state index is 0.402. The summed E-state index contributed by atoms with van der Waals surface area (Å²) in [6.07, 6.45) is 12.7. The van der Waals surface area contributed by atoms with E-state index in [0.717, 1.165) is 55.7 Å². The van der Waals surface area contributed by atoms with Gasteiger partial charge in [-0.25, -0.2) is 0 Å². The van der Waals surface area contributed by atoms with Gasteiger partial charge in [0.2, 0.25) is 5.95 Å². The van der Waals surface area contributed by atoms with Gasteiger partial charge in [0.1, 0.15) is 30.5 Å². The van der Waals surface area contributed by atoms with Crippen molar-refractivity contribution in [2.45, 2.75) is 64.7 Å². The van der Waals surface area contributed by atoms with Gasteiger partial charge < -0.3 is 19.3 Å². The Bertz CT molecular complexity index is 1260. The molecule has 0 unspecified atom stereocenters. The topological polar surface area (TPSA) is 75.1 Å². The van der Waals surface area contributed by atoms with Crippen molar-refractivity contribution < 1.29 is 9.47 Å². The molecule has 42 heavy (non-hydrogen) atoms. The van der Waals surface area contributed by atoms with Crippen molar-refractivity contribution in [2.24, 2.45) is 5.10 Å². The van der Waals surface area contributed by atoms with Crippen LogP contribution in [0.5, 0.6) is 11.5 Å². The maximum Gasteiger partial charge on any atom is 0.229 e. The lowest BCUT2D eigenvalue weighted by Gasteiger charge is -2.21. The lowest BCUT2D eigenvalue weighted by atomic mass is 10.1. The van der Waals surface area contributed by atoms with Gasteiger partial charge in [-0.3, -0.25) is 5.43 Å². The van der Waals surface area contributed by atoms with E-state index in [1.165, 1.54) is 56.9 Å². The molecule has 3 heterocycles. The lowest BCUT2D eigenvalue weighted by Crippen LogP contribution is -2.24. The van der Waals surface area contributed by atoms with Crippen molar-refractivity contribution in [3.05, 3.63) is 64.7 Å². The number of hydrazone groups is 1. The molecule has 0 atom stereocenters. The fourth-order valence-corrected chi connectivity index (χ4v) is 5.57. The normalized spacial score (nSPS) is 15.1. The number of anilines is 3. The molecule has 2 aliphatic heterocycles. The average molecular weight is 591 g/mol. The molecule has 2 aromatic carbocycles. The molecule has 0 bridgehead atoms. The largest absolute Gasteiger partial charge is 0.490 e. The number of hydrogen-bond acceptors (Lipinski definition) is 8. The summed E-state index contributed by atoms with van der Waals surface area (Å²) in [5.74, 6) is 3.94. The first-order chi connectivity index (χ1) is 20.7. The van der Waals surface area contributed by atoms with E-state index in [4.69, 9.17) is 31.0 Å². The first-order valence-electron chi connectivity index (χ1n) is 15.5. The number of nitrogens with zero attached hydrogens (tertiary/aromatic N) is 5. The molecule has 2 fully saturated rings. The molecular weight excluding hydrogens is 548 g/mol. The second kappa shape index (κ2) is 15.6. The van der Waals surface area contributed by atoms with E-state index in [0.29, 0.717) is 29.8 Å². The Labute approximate surface area is 255 Å². The van der Waals surface area contributed by atoms with E-state index in [1.807, 2.05) is 36.4 Å². The van der Waals surface area contributed by atoms with Crippen LogP contribution in [0.3, 0.4) is 0 Å². The smallest absolute Gasteiger partial charge is 0.229 e. The number of rotatable bonds is 15. The molecule has 1 aromatic heterocycles. The summed E-state index contributed by atoms with van der Waals surface area (Å²) in [7, 11) is 0. The van der Waals surface area contributed by atoms with Crippen molar-refractivity contribution >= 4 is 35.4 Å². The van der Waals surface area contributed by atoms with Crippen LogP contribution in [-0.4, -0.2) is 55.6 Å². The zero-order chi connectivity index (χ0) is 29.0. The molecule has 2 saturated heterocycles. The molecular formula is C33H43ClN6O2. The van der Waals surface area contributed by atoms with Crippen molar-refractivity contribution in [1.29, 1.82) is 0 Å². The number of aryl methyl sites for hydroxylation is 1. The van der Waals surface area contributed by atoms with E-state index < -0.39 is 0 Å². The minimum Gasteiger partial charge on any atom is -0.490 e. The van der Waals surface area contributed by atoms with E-state index in [1.54, 1.807) is 6.21 Å². The number of hydrogen-bond donors (Lipinski definition) is 1. The summed E-state index contributed by atoms with van der Waals surface area (Å²) in [5, 5.41) is 5.11. The molecule has 9 heteroatoms. The predicted molar refractivity (Wildman–Crippen MR) is 173 cm³/mol. The van der Waals surface area contributed by atoms with Gasteiger partial charge in [-0.1, -0.05) is 49.9 Å². The standard InChI is InChI=1S/C33H43ClN6O2/c1-2-3-4-5-10-26-11-14-29(15-12-26)41-21-22-42-30-16-13-28(34)23-27(30)25-35-38-31-24-32(39-17-6-7-18-39)37-33(36-31)40-19-8-9-20-40/h11-16,23-25H,2-10,17-22H2,1H3,(H,36,37,38)/b35-25-. The molecule has 0 spiro atoms. The van der Waals surface area contributed by atoms with Crippen LogP contribution in [0.25, 0.3) is 0 Å². The van der Waals surface area contributed by atoms with Crippen LogP contribution in [0.4, 0.5) is 17.6 Å². The van der Waals surface area contributed by atoms with E-state index in [9.17, 15) is 0 Å². The minimum atomic E-state index is 0.402. The quantitative estimate of drug-likeness (QED) is 0.113. The van der Waals surface area contributed by atoms with Crippen LogP contribution >= 0.6 is 11.6 Å². The number of benzene rings is 2. The zero-order valence-electron chi connectivity index (χ0n) is 24.7. The predicted octanol–water partition coefficient (Wildman–Crippen LogP) is 7.36.